The van der Waals surface area contributed by atoms with Gasteiger partial charge in [0.15, 0.2) is 12.0 Å². The molecule has 1 aromatic heterocycles. The van der Waals surface area contributed by atoms with E-state index in [1.165, 1.54) is 18.2 Å². The zero-order valence-electron chi connectivity index (χ0n) is 9.20. The fourth-order valence-electron chi connectivity index (χ4n) is 1.45. The van der Waals surface area contributed by atoms with Gasteiger partial charge in [0.25, 0.3) is 0 Å². The van der Waals surface area contributed by atoms with Crippen LogP contribution in [0.5, 0.6) is 0 Å². The number of carbonyl (C=O) groups excluding carboxylic acids is 1. The van der Waals surface area contributed by atoms with E-state index in [0.717, 1.165) is 12.1 Å². The highest BCUT2D eigenvalue weighted by molar-refractivity contribution is 8.00. The van der Waals surface area contributed by atoms with E-state index in [0.29, 0.717) is 6.29 Å². The molecule has 0 atom stereocenters. The fraction of sp³-hybridized carbons (Fsp3) is 0.0833. The zero-order chi connectivity index (χ0) is 14.0. The minimum absolute atomic E-state index is 0.000348. The first-order valence-corrected chi connectivity index (χ1v) is 5.81. The summed E-state index contributed by atoms with van der Waals surface area (Å²) in [7, 11) is 0. The Morgan fingerprint density at radius 2 is 1.89 bits per heavy atom. The molecule has 0 saturated carbocycles. The standard InChI is InChI=1S/C12H6F4O2S/c13-10-5-8(19-12(14,15)16)2-3-9(10)11-4-1-7(6-17)18-11/h1-6H. The molecule has 2 nitrogen and oxygen atoms in total. The van der Waals surface area contributed by atoms with Gasteiger partial charge in [0.05, 0.1) is 5.56 Å². The zero-order valence-corrected chi connectivity index (χ0v) is 10.0. The summed E-state index contributed by atoms with van der Waals surface area (Å²) >= 11 is -0.398. The van der Waals surface area contributed by atoms with Crippen molar-refractivity contribution in [2.24, 2.45) is 0 Å². The van der Waals surface area contributed by atoms with Gasteiger partial charge in [-0.25, -0.2) is 4.39 Å². The molecular weight excluding hydrogens is 284 g/mol. The maximum atomic E-state index is 13.7. The van der Waals surface area contributed by atoms with Crippen molar-refractivity contribution in [3.63, 3.8) is 0 Å². The summed E-state index contributed by atoms with van der Waals surface area (Å²) in [4.78, 5) is 10.2. The maximum absolute atomic E-state index is 13.7. The number of benzene rings is 1. The molecule has 0 aliphatic rings. The van der Waals surface area contributed by atoms with E-state index >= 15 is 0 Å². The Balaban J connectivity index is 2.31. The molecule has 0 saturated heterocycles. The number of aldehydes is 1. The fourth-order valence-corrected chi connectivity index (χ4v) is 2.02. The predicted octanol–water partition coefficient (Wildman–Crippen LogP) is 4.51. The van der Waals surface area contributed by atoms with Crippen LogP contribution in [-0.2, 0) is 0 Å². The number of carbonyl (C=O) groups is 1. The van der Waals surface area contributed by atoms with Crippen LogP contribution in [0.15, 0.2) is 39.6 Å². The second-order valence-electron chi connectivity index (χ2n) is 3.51. The van der Waals surface area contributed by atoms with Crippen LogP contribution in [0, 0.1) is 5.82 Å². The Labute approximate surface area is 109 Å². The van der Waals surface area contributed by atoms with E-state index in [9.17, 15) is 22.4 Å². The van der Waals surface area contributed by atoms with Crippen molar-refractivity contribution in [1.29, 1.82) is 0 Å². The van der Waals surface area contributed by atoms with Crippen LogP contribution in [0.25, 0.3) is 11.3 Å². The summed E-state index contributed by atoms with van der Waals surface area (Å²) in [5.74, 6) is -0.743. The molecule has 0 amide bonds. The molecule has 7 heteroatoms. The van der Waals surface area contributed by atoms with Crippen molar-refractivity contribution in [2.45, 2.75) is 10.4 Å². The molecular formula is C12H6F4O2S. The number of furan rings is 1. The number of thioether (sulfide) groups is 1. The van der Waals surface area contributed by atoms with Gasteiger partial charge in [-0.05, 0) is 42.1 Å². The molecule has 19 heavy (non-hydrogen) atoms. The van der Waals surface area contributed by atoms with Crippen molar-refractivity contribution < 1.29 is 26.8 Å². The van der Waals surface area contributed by atoms with E-state index in [4.69, 9.17) is 4.42 Å². The van der Waals surface area contributed by atoms with Crippen LogP contribution in [0.4, 0.5) is 17.6 Å². The van der Waals surface area contributed by atoms with Crippen LogP contribution in [0.2, 0.25) is 0 Å². The Hall–Kier alpha value is -1.76. The minimum Gasteiger partial charge on any atom is -0.453 e. The smallest absolute Gasteiger partial charge is 0.446 e. The third-order valence-electron chi connectivity index (χ3n) is 2.18. The minimum atomic E-state index is -4.47. The molecule has 1 aromatic carbocycles. The van der Waals surface area contributed by atoms with Crippen molar-refractivity contribution in [3.8, 4) is 11.3 Å². The average Bonchev–Trinajstić information content (AvgIpc) is 2.75. The third-order valence-corrected chi connectivity index (χ3v) is 2.90. The Kier molecular flexibility index (Phi) is 3.66. The summed E-state index contributed by atoms with van der Waals surface area (Å²) in [5, 5.41) is 0. The molecule has 0 spiro atoms. The first-order chi connectivity index (χ1) is 8.89. The highest BCUT2D eigenvalue weighted by atomic mass is 32.2. The number of hydrogen-bond donors (Lipinski definition) is 0. The average molecular weight is 290 g/mol. The molecule has 100 valence electrons. The molecule has 0 fully saturated rings. The van der Waals surface area contributed by atoms with Crippen LogP contribution in [0.3, 0.4) is 0 Å². The molecule has 2 aromatic rings. The Morgan fingerprint density at radius 3 is 2.42 bits per heavy atom. The van der Waals surface area contributed by atoms with Crippen molar-refractivity contribution >= 4 is 18.0 Å². The van der Waals surface area contributed by atoms with Gasteiger partial charge in [0.2, 0.25) is 0 Å². The van der Waals surface area contributed by atoms with Gasteiger partial charge in [-0.15, -0.1) is 0 Å². The lowest BCUT2D eigenvalue weighted by atomic mass is 10.1. The molecule has 2 rings (SSSR count). The third kappa shape index (κ3) is 3.37. The highest BCUT2D eigenvalue weighted by Crippen LogP contribution is 2.38. The largest absolute Gasteiger partial charge is 0.453 e. The second kappa shape index (κ2) is 5.08. The lowest BCUT2D eigenvalue weighted by Crippen LogP contribution is -1.99. The first kappa shape index (κ1) is 13.7. The van der Waals surface area contributed by atoms with Crippen LogP contribution < -0.4 is 0 Å². The van der Waals surface area contributed by atoms with Gasteiger partial charge in [-0.2, -0.15) is 13.2 Å². The quantitative estimate of drug-likeness (QED) is 0.473. The van der Waals surface area contributed by atoms with E-state index in [1.807, 2.05) is 0 Å². The highest BCUT2D eigenvalue weighted by Gasteiger charge is 2.29. The summed E-state index contributed by atoms with van der Waals surface area (Å²) in [6.45, 7) is 0. The van der Waals surface area contributed by atoms with Gasteiger partial charge in [-0.1, -0.05) is 0 Å². The van der Waals surface area contributed by atoms with Crippen molar-refractivity contribution in [2.75, 3.05) is 0 Å². The molecule has 0 unspecified atom stereocenters. The Morgan fingerprint density at radius 1 is 1.16 bits per heavy atom. The molecule has 1 heterocycles. The summed E-state index contributed by atoms with van der Waals surface area (Å²) in [6.07, 6.45) is 0.454. The monoisotopic (exact) mass is 290 g/mol. The molecule has 0 aliphatic heterocycles. The number of rotatable bonds is 3. The second-order valence-corrected chi connectivity index (χ2v) is 4.65. The normalized spacial score (nSPS) is 11.6. The van der Waals surface area contributed by atoms with Crippen LogP contribution in [0.1, 0.15) is 10.6 Å². The lowest BCUT2D eigenvalue weighted by Gasteiger charge is -2.06. The van der Waals surface area contributed by atoms with E-state index in [2.05, 4.69) is 0 Å². The summed E-state index contributed by atoms with van der Waals surface area (Å²) < 4.78 is 55.1. The molecule has 0 N–H and O–H groups in total. The Bertz CT molecular complexity index is 604. The van der Waals surface area contributed by atoms with Gasteiger partial charge in [0, 0.05) is 4.90 Å². The lowest BCUT2D eigenvalue weighted by molar-refractivity contribution is -0.0328. The number of alkyl halides is 3. The van der Waals surface area contributed by atoms with Gasteiger partial charge in [-0.3, -0.25) is 4.79 Å². The molecule has 0 radical (unpaired) electrons. The van der Waals surface area contributed by atoms with Crippen molar-refractivity contribution in [1.82, 2.24) is 0 Å². The van der Waals surface area contributed by atoms with E-state index in [1.54, 1.807) is 0 Å². The maximum Gasteiger partial charge on any atom is 0.446 e. The number of halogens is 4. The molecule has 0 aliphatic carbocycles. The van der Waals surface area contributed by atoms with E-state index < -0.39 is 23.1 Å². The predicted molar refractivity (Wildman–Crippen MR) is 61.4 cm³/mol. The van der Waals surface area contributed by atoms with Crippen LogP contribution in [-0.4, -0.2) is 11.8 Å². The first-order valence-electron chi connectivity index (χ1n) is 5.00. The van der Waals surface area contributed by atoms with Crippen LogP contribution >= 0.6 is 11.8 Å². The van der Waals surface area contributed by atoms with E-state index in [-0.39, 0.29) is 22.0 Å². The van der Waals surface area contributed by atoms with Gasteiger partial charge in [0.1, 0.15) is 11.6 Å². The topological polar surface area (TPSA) is 30.2 Å². The van der Waals surface area contributed by atoms with Gasteiger partial charge < -0.3 is 4.42 Å². The van der Waals surface area contributed by atoms with Gasteiger partial charge >= 0.3 is 5.51 Å². The SMILES string of the molecule is O=Cc1ccc(-c2ccc(SC(F)(F)F)cc2F)o1. The summed E-state index contributed by atoms with van der Waals surface area (Å²) in [5.41, 5.74) is -4.47. The number of hydrogen-bond acceptors (Lipinski definition) is 3. The molecule has 0 bridgehead atoms. The summed E-state index contributed by atoms with van der Waals surface area (Å²) in [6, 6.07) is 5.81. The van der Waals surface area contributed by atoms with Crippen molar-refractivity contribution in [3.05, 3.63) is 41.9 Å².